The molecule has 0 spiro atoms. The van der Waals surface area contributed by atoms with Gasteiger partial charge in [-0.15, -0.1) is 0 Å². The Balaban J connectivity index is 1.90. The Morgan fingerprint density at radius 3 is 2.85 bits per heavy atom. The predicted molar refractivity (Wildman–Crippen MR) is 78.0 cm³/mol. The van der Waals surface area contributed by atoms with Crippen LogP contribution in [-0.4, -0.2) is 23.2 Å². The number of aromatic amines is 1. The summed E-state index contributed by atoms with van der Waals surface area (Å²) in [5.41, 5.74) is 3.02. The molecule has 0 aliphatic rings. The molecule has 2 aromatic rings. The van der Waals surface area contributed by atoms with Crippen molar-refractivity contribution in [1.29, 1.82) is 0 Å². The van der Waals surface area contributed by atoms with Crippen LogP contribution < -0.4 is 10.1 Å². The maximum absolute atomic E-state index is 11.9. The number of aromatic nitrogens is 2. The smallest absolute Gasteiger partial charge is 0.225 e. The Kier molecular flexibility index (Phi) is 4.40. The Labute approximate surface area is 118 Å². The van der Waals surface area contributed by atoms with Crippen molar-refractivity contribution in [2.75, 3.05) is 12.4 Å². The summed E-state index contributed by atoms with van der Waals surface area (Å²) in [5, 5.41) is 9.73. The predicted octanol–water partition coefficient (Wildman–Crippen LogP) is 2.61. The summed E-state index contributed by atoms with van der Waals surface area (Å²) in [6, 6.07) is 7.74. The van der Waals surface area contributed by atoms with E-state index in [-0.39, 0.29) is 5.91 Å². The van der Waals surface area contributed by atoms with Gasteiger partial charge in [0.05, 0.1) is 7.11 Å². The zero-order valence-electron chi connectivity index (χ0n) is 12.0. The Hall–Kier alpha value is -2.30. The summed E-state index contributed by atoms with van der Waals surface area (Å²) in [6.45, 7) is 3.85. The lowest BCUT2D eigenvalue weighted by Crippen LogP contribution is -2.13. The van der Waals surface area contributed by atoms with E-state index in [9.17, 15) is 4.79 Å². The normalized spacial score (nSPS) is 10.3. The minimum absolute atomic E-state index is 0.0394. The second-order valence-corrected chi connectivity index (χ2v) is 4.72. The molecule has 2 rings (SSSR count). The molecule has 0 aliphatic heterocycles. The minimum Gasteiger partial charge on any atom is -0.497 e. The van der Waals surface area contributed by atoms with Gasteiger partial charge in [-0.1, -0.05) is 12.1 Å². The molecule has 0 radical (unpaired) electrons. The van der Waals surface area contributed by atoms with E-state index in [0.29, 0.717) is 18.7 Å². The van der Waals surface area contributed by atoms with Crippen molar-refractivity contribution in [2.24, 2.45) is 0 Å². The van der Waals surface area contributed by atoms with Crippen LogP contribution in [0.4, 0.5) is 5.82 Å². The fourth-order valence-electron chi connectivity index (χ4n) is 1.89. The van der Waals surface area contributed by atoms with E-state index in [0.717, 1.165) is 22.6 Å². The van der Waals surface area contributed by atoms with Crippen LogP contribution in [0.2, 0.25) is 0 Å². The largest absolute Gasteiger partial charge is 0.497 e. The molecule has 20 heavy (non-hydrogen) atoms. The van der Waals surface area contributed by atoms with Crippen LogP contribution in [0, 0.1) is 13.8 Å². The lowest BCUT2D eigenvalue weighted by atomic mass is 10.1. The first-order valence-corrected chi connectivity index (χ1v) is 6.54. The number of nitrogens with one attached hydrogen (secondary N) is 2. The molecule has 1 heterocycles. The molecule has 106 valence electrons. The fourth-order valence-corrected chi connectivity index (χ4v) is 1.89. The van der Waals surface area contributed by atoms with Crippen molar-refractivity contribution in [3.05, 3.63) is 41.1 Å². The topological polar surface area (TPSA) is 67.0 Å². The Morgan fingerprint density at radius 2 is 2.20 bits per heavy atom. The summed E-state index contributed by atoms with van der Waals surface area (Å²) in [4.78, 5) is 11.9. The maximum Gasteiger partial charge on any atom is 0.225 e. The molecule has 1 amide bonds. The number of methoxy groups -OCH3 is 1. The van der Waals surface area contributed by atoms with Gasteiger partial charge in [0.1, 0.15) is 5.75 Å². The number of hydrogen-bond acceptors (Lipinski definition) is 3. The van der Waals surface area contributed by atoms with E-state index in [1.165, 1.54) is 0 Å². The number of rotatable bonds is 5. The number of ether oxygens (including phenoxy) is 1. The monoisotopic (exact) mass is 273 g/mol. The standard InChI is InChI=1S/C15H19N3O2/c1-10-11(2)17-18-15(10)16-14(19)8-7-12-5-4-6-13(9-12)20-3/h4-6,9H,7-8H2,1-3H3,(H2,16,17,18,19). The molecule has 5 nitrogen and oxygen atoms in total. The van der Waals surface area contributed by atoms with E-state index in [2.05, 4.69) is 15.5 Å². The number of nitrogens with zero attached hydrogens (tertiary/aromatic N) is 1. The average molecular weight is 273 g/mol. The lowest BCUT2D eigenvalue weighted by Gasteiger charge is -2.05. The zero-order chi connectivity index (χ0) is 14.5. The molecule has 0 saturated carbocycles. The third kappa shape index (κ3) is 3.38. The van der Waals surface area contributed by atoms with Gasteiger partial charge in [-0.2, -0.15) is 5.10 Å². The number of aryl methyl sites for hydroxylation is 2. The molecular weight excluding hydrogens is 254 g/mol. The molecule has 1 aromatic heterocycles. The fraction of sp³-hybridized carbons (Fsp3) is 0.333. The van der Waals surface area contributed by atoms with Crippen LogP contribution >= 0.6 is 0 Å². The highest BCUT2D eigenvalue weighted by Crippen LogP contribution is 2.16. The number of amides is 1. The van der Waals surface area contributed by atoms with E-state index in [4.69, 9.17) is 4.74 Å². The highest BCUT2D eigenvalue weighted by molar-refractivity contribution is 5.90. The van der Waals surface area contributed by atoms with E-state index in [1.807, 2.05) is 38.1 Å². The van der Waals surface area contributed by atoms with Gasteiger partial charge in [-0.25, -0.2) is 0 Å². The second kappa shape index (κ2) is 6.23. The summed E-state index contributed by atoms with van der Waals surface area (Å²) < 4.78 is 5.16. The van der Waals surface area contributed by atoms with Crippen LogP contribution in [0.3, 0.4) is 0 Å². The lowest BCUT2D eigenvalue weighted by molar-refractivity contribution is -0.116. The van der Waals surface area contributed by atoms with E-state index in [1.54, 1.807) is 7.11 Å². The third-order valence-electron chi connectivity index (χ3n) is 3.29. The average Bonchev–Trinajstić information content (AvgIpc) is 2.77. The van der Waals surface area contributed by atoms with Gasteiger partial charge in [0.15, 0.2) is 5.82 Å². The van der Waals surface area contributed by atoms with Gasteiger partial charge in [0, 0.05) is 17.7 Å². The van der Waals surface area contributed by atoms with Gasteiger partial charge in [-0.05, 0) is 38.0 Å². The molecule has 2 N–H and O–H groups in total. The molecule has 0 atom stereocenters. The quantitative estimate of drug-likeness (QED) is 0.880. The van der Waals surface area contributed by atoms with Gasteiger partial charge in [0.25, 0.3) is 0 Å². The molecular formula is C15H19N3O2. The summed E-state index contributed by atoms with van der Waals surface area (Å²) in [6.07, 6.45) is 1.09. The van der Waals surface area contributed by atoms with Gasteiger partial charge < -0.3 is 10.1 Å². The van der Waals surface area contributed by atoms with Crippen molar-refractivity contribution in [2.45, 2.75) is 26.7 Å². The maximum atomic E-state index is 11.9. The van der Waals surface area contributed by atoms with Crippen LogP contribution in [0.25, 0.3) is 0 Å². The third-order valence-corrected chi connectivity index (χ3v) is 3.29. The molecule has 0 fully saturated rings. The molecule has 0 bridgehead atoms. The highest BCUT2D eigenvalue weighted by Gasteiger charge is 2.09. The molecule has 5 heteroatoms. The Morgan fingerprint density at radius 1 is 1.40 bits per heavy atom. The number of hydrogen-bond donors (Lipinski definition) is 2. The van der Waals surface area contributed by atoms with Crippen LogP contribution in [0.1, 0.15) is 23.2 Å². The highest BCUT2D eigenvalue weighted by atomic mass is 16.5. The number of benzene rings is 1. The number of carbonyl (C=O) groups excluding carboxylic acids is 1. The minimum atomic E-state index is -0.0394. The van der Waals surface area contributed by atoms with E-state index >= 15 is 0 Å². The zero-order valence-corrected chi connectivity index (χ0v) is 12.0. The number of anilines is 1. The summed E-state index contributed by atoms with van der Waals surface area (Å²) in [7, 11) is 1.63. The van der Waals surface area contributed by atoms with E-state index < -0.39 is 0 Å². The molecule has 0 aliphatic carbocycles. The first kappa shape index (κ1) is 14.1. The van der Waals surface area contributed by atoms with Crippen molar-refractivity contribution in [3.8, 4) is 5.75 Å². The first-order valence-electron chi connectivity index (χ1n) is 6.54. The van der Waals surface area contributed by atoms with Crippen molar-refractivity contribution >= 4 is 11.7 Å². The van der Waals surface area contributed by atoms with Crippen LogP contribution in [0.5, 0.6) is 5.75 Å². The first-order chi connectivity index (χ1) is 9.60. The second-order valence-electron chi connectivity index (χ2n) is 4.72. The van der Waals surface area contributed by atoms with Crippen LogP contribution in [-0.2, 0) is 11.2 Å². The van der Waals surface area contributed by atoms with Crippen molar-refractivity contribution in [3.63, 3.8) is 0 Å². The summed E-state index contributed by atoms with van der Waals surface area (Å²) >= 11 is 0. The van der Waals surface area contributed by atoms with Gasteiger partial charge in [0.2, 0.25) is 5.91 Å². The summed E-state index contributed by atoms with van der Waals surface area (Å²) in [5.74, 6) is 1.38. The Bertz CT molecular complexity index is 605. The van der Waals surface area contributed by atoms with Gasteiger partial charge >= 0.3 is 0 Å². The van der Waals surface area contributed by atoms with Crippen LogP contribution in [0.15, 0.2) is 24.3 Å². The van der Waals surface area contributed by atoms with Gasteiger partial charge in [-0.3, -0.25) is 9.89 Å². The number of H-pyrrole nitrogens is 1. The molecule has 0 unspecified atom stereocenters. The van der Waals surface area contributed by atoms with Crippen molar-refractivity contribution in [1.82, 2.24) is 10.2 Å². The molecule has 0 saturated heterocycles. The molecule has 1 aromatic carbocycles. The number of carbonyl (C=O) groups is 1. The SMILES string of the molecule is COc1cccc(CCC(=O)Nc2n[nH]c(C)c2C)c1. The van der Waals surface area contributed by atoms with Crippen molar-refractivity contribution < 1.29 is 9.53 Å².